The van der Waals surface area contributed by atoms with E-state index in [-0.39, 0.29) is 18.8 Å². The molecule has 0 radical (unpaired) electrons. The van der Waals surface area contributed by atoms with Crippen molar-refractivity contribution in [2.75, 3.05) is 11.9 Å². The number of hydrogen-bond acceptors (Lipinski definition) is 4. The first kappa shape index (κ1) is 23.2. The van der Waals surface area contributed by atoms with Gasteiger partial charge in [-0.05, 0) is 56.5 Å². The molecule has 0 spiro atoms. The van der Waals surface area contributed by atoms with Crippen LogP contribution in [0, 0.1) is 12.7 Å². The van der Waals surface area contributed by atoms with Crippen molar-refractivity contribution in [3.05, 3.63) is 65.0 Å². The molecular weight excluding hydrogens is 413 g/mol. The van der Waals surface area contributed by atoms with Gasteiger partial charge in [-0.25, -0.2) is 9.18 Å². The van der Waals surface area contributed by atoms with Crippen molar-refractivity contribution in [2.24, 2.45) is 0 Å². The monoisotopic (exact) mass is 441 g/mol. The fraction of sp³-hybridized carbons (Fsp3) is 0.375. The molecule has 1 atom stereocenters. The van der Waals surface area contributed by atoms with Crippen LogP contribution < -0.4 is 10.6 Å². The summed E-state index contributed by atoms with van der Waals surface area (Å²) in [5.41, 5.74) is 1.95. The maximum absolute atomic E-state index is 14.0. The SMILES string of the molecule is Cc1ccc(NC(=O)CNC(=O)C2Cc3ccccc3CN2C(=O)OC(C)(C)C)c(F)c1. The molecule has 0 saturated heterocycles. The van der Waals surface area contributed by atoms with Crippen molar-refractivity contribution in [1.29, 1.82) is 0 Å². The van der Waals surface area contributed by atoms with Gasteiger partial charge in [0.1, 0.15) is 17.5 Å². The Morgan fingerprint density at radius 2 is 1.81 bits per heavy atom. The van der Waals surface area contributed by atoms with Gasteiger partial charge in [0.15, 0.2) is 0 Å². The summed E-state index contributed by atoms with van der Waals surface area (Å²) in [6.45, 7) is 6.88. The second kappa shape index (κ2) is 9.38. The Kier molecular flexibility index (Phi) is 6.81. The highest BCUT2D eigenvalue weighted by Crippen LogP contribution is 2.25. The van der Waals surface area contributed by atoms with Gasteiger partial charge in [0.2, 0.25) is 11.8 Å². The molecule has 1 unspecified atom stereocenters. The fourth-order valence-electron chi connectivity index (χ4n) is 3.47. The maximum Gasteiger partial charge on any atom is 0.411 e. The van der Waals surface area contributed by atoms with Crippen LogP contribution in [-0.4, -0.2) is 41.0 Å². The van der Waals surface area contributed by atoms with Crippen LogP contribution in [0.2, 0.25) is 0 Å². The van der Waals surface area contributed by atoms with Crippen molar-refractivity contribution >= 4 is 23.6 Å². The minimum absolute atomic E-state index is 0.0387. The number of rotatable bonds is 4. The fourth-order valence-corrected chi connectivity index (χ4v) is 3.47. The summed E-state index contributed by atoms with van der Waals surface area (Å²) in [5, 5.41) is 5.00. The van der Waals surface area contributed by atoms with E-state index < -0.39 is 35.4 Å². The van der Waals surface area contributed by atoms with Gasteiger partial charge in [-0.3, -0.25) is 14.5 Å². The van der Waals surface area contributed by atoms with Gasteiger partial charge in [-0.15, -0.1) is 0 Å². The van der Waals surface area contributed by atoms with E-state index >= 15 is 0 Å². The Morgan fingerprint density at radius 1 is 1.12 bits per heavy atom. The Labute approximate surface area is 186 Å². The number of hydrogen-bond donors (Lipinski definition) is 2. The number of anilines is 1. The Bertz CT molecular complexity index is 1030. The molecule has 1 aliphatic rings. The van der Waals surface area contributed by atoms with Crippen LogP contribution in [-0.2, 0) is 27.3 Å². The number of benzene rings is 2. The summed E-state index contributed by atoms with van der Waals surface area (Å²) in [7, 11) is 0. The number of fused-ring (bicyclic) bond motifs is 1. The number of carbonyl (C=O) groups excluding carboxylic acids is 3. The minimum atomic E-state index is -0.830. The predicted octanol–water partition coefficient (Wildman–Crippen LogP) is 3.55. The molecule has 0 aliphatic carbocycles. The number of carbonyl (C=O) groups is 3. The van der Waals surface area contributed by atoms with Gasteiger partial charge >= 0.3 is 6.09 Å². The molecule has 1 heterocycles. The van der Waals surface area contributed by atoms with Gasteiger partial charge in [-0.1, -0.05) is 30.3 Å². The first-order valence-electron chi connectivity index (χ1n) is 10.4. The van der Waals surface area contributed by atoms with Crippen molar-refractivity contribution < 1.29 is 23.5 Å². The number of ether oxygens (including phenoxy) is 1. The summed E-state index contributed by atoms with van der Waals surface area (Å²) < 4.78 is 19.4. The average molecular weight is 442 g/mol. The third kappa shape index (κ3) is 5.84. The lowest BCUT2D eigenvalue weighted by molar-refractivity contribution is -0.128. The molecule has 8 heteroatoms. The number of nitrogens with one attached hydrogen (secondary N) is 2. The van der Waals surface area contributed by atoms with Gasteiger partial charge < -0.3 is 15.4 Å². The Morgan fingerprint density at radius 3 is 2.47 bits per heavy atom. The maximum atomic E-state index is 14.0. The summed E-state index contributed by atoms with van der Waals surface area (Å²) in [4.78, 5) is 39.3. The van der Waals surface area contributed by atoms with Crippen LogP contribution in [0.1, 0.15) is 37.5 Å². The average Bonchev–Trinajstić information content (AvgIpc) is 2.72. The number of aryl methyl sites for hydroxylation is 1. The smallest absolute Gasteiger partial charge is 0.411 e. The van der Waals surface area contributed by atoms with Crippen LogP contribution in [0.25, 0.3) is 0 Å². The molecule has 0 fully saturated rings. The molecule has 170 valence electrons. The molecule has 2 aromatic carbocycles. The zero-order valence-electron chi connectivity index (χ0n) is 18.7. The molecule has 32 heavy (non-hydrogen) atoms. The van der Waals surface area contributed by atoms with Gasteiger partial charge in [0.25, 0.3) is 0 Å². The van der Waals surface area contributed by atoms with E-state index in [0.29, 0.717) is 6.42 Å². The molecule has 3 amide bonds. The van der Waals surface area contributed by atoms with Crippen LogP contribution in [0.5, 0.6) is 0 Å². The lowest BCUT2D eigenvalue weighted by Crippen LogP contribution is -2.54. The van der Waals surface area contributed by atoms with E-state index in [0.717, 1.165) is 16.7 Å². The number of amides is 3. The zero-order valence-corrected chi connectivity index (χ0v) is 18.7. The molecular formula is C24H28FN3O4. The number of halogens is 1. The van der Waals surface area contributed by atoms with Gasteiger partial charge in [-0.2, -0.15) is 0 Å². The van der Waals surface area contributed by atoms with Crippen molar-refractivity contribution in [2.45, 2.75) is 52.3 Å². The molecule has 1 aliphatic heterocycles. The molecule has 0 aromatic heterocycles. The van der Waals surface area contributed by atoms with Crippen LogP contribution in [0.15, 0.2) is 42.5 Å². The van der Waals surface area contributed by atoms with E-state index in [4.69, 9.17) is 4.74 Å². The van der Waals surface area contributed by atoms with Crippen molar-refractivity contribution in [3.8, 4) is 0 Å². The van der Waals surface area contributed by atoms with E-state index in [1.807, 2.05) is 24.3 Å². The van der Waals surface area contributed by atoms with Crippen LogP contribution >= 0.6 is 0 Å². The van der Waals surface area contributed by atoms with Gasteiger partial charge in [0, 0.05) is 6.42 Å². The molecule has 3 rings (SSSR count). The molecule has 7 nitrogen and oxygen atoms in total. The predicted molar refractivity (Wildman–Crippen MR) is 118 cm³/mol. The van der Waals surface area contributed by atoms with E-state index in [1.165, 1.54) is 17.0 Å². The largest absolute Gasteiger partial charge is 0.444 e. The van der Waals surface area contributed by atoms with E-state index in [9.17, 15) is 18.8 Å². The highest BCUT2D eigenvalue weighted by molar-refractivity contribution is 5.96. The Balaban J connectivity index is 1.69. The van der Waals surface area contributed by atoms with Gasteiger partial charge in [0.05, 0.1) is 18.8 Å². The zero-order chi connectivity index (χ0) is 23.5. The first-order chi connectivity index (χ1) is 15.0. The first-order valence-corrected chi connectivity index (χ1v) is 10.4. The van der Waals surface area contributed by atoms with Crippen LogP contribution in [0.3, 0.4) is 0 Å². The Hall–Kier alpha value is -3.42. The van der Waals surface area contributed by atoms with Crippen LogP contribution in [0.4, 0.5) is 14.9 Å². The lowest BCUT2D eigenvalue weighted by atomic mass is 9.94. The summed E-state index contributed by atoms with van der Waals surface area (Å²) >= 11 is 0. The second-order valence-electron chi connectivity index (χ2n) is 8.85. The van der Waals surface area contributed by atoms with Crippen molar-refractivity contribution in [1.82, 2.24) is 10.2 Å². The minimum Gasteiger partial charge on any atom is -0.444 e. The number of nitrogens with zero attached hydrogens (tertiary/aromatic N) is 1. The van der Waals surface area contributed by atoms with E-state index in [1.54, 1.807) is 33.8 Å². The summed E-state index contributed by atoms with van der Waals surface area (Å²) in [6.07, 6.45) is -0.298. The van der Waals surface area contributed by atoms with Crippen molar-refractivity contribution in [3.63, 3.8) is 0 Å². The summed E-state index contributed by atoms with van der Waals surface area (Å²) in [5.74, 6) is -1.60. The lowest BCUT2D eigenvalue weighted by Gasteiger charge is -2.36. The third-order valence-electron chi connectivity index (χ3n) is 5.00. The van der Waals surface area contributed by atoms with E-state index in [2.05, 4.69) is 10.6 Å². The third-order valence-corrected chi connectivity index (χ3v) is 5.00. The molecule has 2 aromatic rings. The molecule has 0 saturated carbocycles. The molecule has 2 N–H and O–H groups in total. The quantitative estimate of drug-likeness (QED) is 0.760. The normalized spacial score (nSPS) is 15.5. The highest BCUT2D eigenvalue weighted by Gasteiger charge is 2.37. The standard InChI is InChI=1S/C24H28FN3O4/c1-15-9-10-19(18(25)11-15)27-21(29)13-26-22(30)20-12-16-7-5-6-8-17(16)14-28(20)23(31)32-24(2,3)4/h5-11,20H,12-14H2,1-4H3,(H,26,30)(H,27,29). The second-order valence-corrected chi connectivity index (χ2v) is 8.85. The highest BCUT2D eigenvalue weighted by atomic mass is 19.1. The summed E-state index contributed by atoms with van der Waals surface area (Å²) in [6, 6.07) is 11.2. The molecule has 0 bridgehead atoms. The topological polar surface area (TPSA) is 87.7 Å².